The molecule has 0 saturated carbocycles. The molecule has 22 heavy (non-hydrogen) atoms. The quantitative estimate of drug-likeness (QED) is 0.795. The maximum Gasteiger partial charge on any atom is 0.288 e. The molecule has 0 aliphatic carbocycles. The number of hydrogen-bond donors (Lipinski definition) is 1. The molecule has 2 heterocycles. The van der Waals surface area contributed by atoms with Crippen LogP contribution in [0.5, 0.6) is 0 Å². The standard InChI is InChI=1S/C18H16N2O2/c1-13(14-7-10-19-11-8-14)20-18(21)17-16(9-12-22-17)15-5-3-2-4-6-15/h2-13H,1H3,(H,20,21). The van der Waals surface area contributed by atoms with Crippen LogP contribution in [0.3, 0.4) is 0 Å². The van der Waals surface area contributed by atoms with Crippen LogP contribution in [0.15, 0.2) is 71.6 Å². The molecule has 0 radical (unpaired) electrons. The summed E-state index contributed by atoms with van der Waals surface area (Å²) in [4.78, 5) is 16.4. The first-order chi connectivity index (χ1) is 10.8. The number of hydrogen-bond acceptors (Lipinski definition) is 3. The van der Waals surface area contributed by atoms with Crippen LogP contribution in [0.1, 0.15) is 29.1 Å². The second kappa shape index (κ2) is 6.26. The minimum atomic E-state index is -0.229. The van der Waals surface area contributed by atoms with E-state index in [2.05, 4.69) is 10.3 Å². The number of rotatable bonds is 4. The van der Waals surface area contributed by atoms with Crippen molar-refractivity contribution in [1.82, 2.24) is 10.3 Å². The van der Waals surface area contributed by atoms with Gasteiger partial charge >= 0.3 is 0 Å². The third-order valence-corrected chi connectivity index (χ3v) is 3.51. The Morgan fingerprint density at radius 3 is 2.55 bits per heavy atom. The highest BCUT2D eigenvalue weighted by Gasteiger charge is 2.18. The van der Waals surface area contributed by atoms with E-state index in [0.29, 0.717) is 5.76 Å². The summed E-state index contributed by atoms with van der Waals surface area (Å²) in [6, 6.07) is 15.2. The summed E-state index contributed by atoms with van der Waals surface area (Å²) in [6.07, 6.45) is 4.95. The first-order valence-corrected chi connectivity index (χ1v) is 7.09. The van der Waals surface area contributed by atoms with Gasteiger partial charge in [-0.3, -0.25) is 9.78 Å². The van der Waals surface area contributed by atoms with E-state index in [1.165, 1.54) is 6.26 Å². The smallest absolute Gasteiger partial charge is 0.288 e. The number of carbonyl (C=O) groups is 1. The van der Waals surface area contributed by atoms with Crippen molar-refractivity contribution in [2.75, 3.05) is 0 Å². The fourth-order valence-corrected chi connectivity index (χ4v) is 2.33. The van der Waals surface area contributed by atoms with Crippen molar-refractivity contribution in [2.24, 2.45) is 0 Å². The van der Waals surface area contributed by atoms with Crippen molar-refractivity contribution < 1.29 is 9.21 Å². The summed E-state index contributed by atoms with van der Waals surface area (Å²) in [6.45, 7) is 1.93. The van der Waals surface area contributed by atoms with Crippen LogP contribution in [0.2, 0.25) is 0 Å². The van der Waals surface area contributed by atoms with Crippen LogP contribution in [-0.2, 0) is 0 Å². The molecule has 2 aromatic heterocycles. The highest BCUT2D eigenvalue weighted by Crippen LogP contribution is 2.25. The SMILES string of the molecule is CC(NC(=O)c1occc1-c1ccccc1)c1ccncc1. The number of pyridine rings is 1. The van der Waals surface area contributed by atoms with Gasteiger partial charge in [0.25, 0.3) is 5.91 Å². The van der Waals surface area contributed by atoms with Gasteiger partial charge in [0.1, 0.15) is 0 Å². The van der Waals surface area contributed by atoms with Gasteiger partial charge in [-0.05, 0) is 36.2 Å². The first kappa shape index (κ1) is 14.1. The lowest BCUT2D eigenvalue weighted by Crippen LogP contribution is -2.26. The molecule has 0 saturated heterocycles. The molecule has 110 valence electrons. The molecule has 0 fully saturated rings. The molecule has 1 aromatic carbocycles. The fourth-order valence-electron chi connectivity index (χ4n) is 2.33. The zero-order chi connectivity index (χ0) is 15.4. The van der Waals surface area contributed by atoms with Gasteiger partial charge in [-0.2, -0.15) is 0 Å². The molecule has 1 amide bonds. The number of amides is 1. The van der Waals surface area contributed by atoms with Gasteiger partial charge < -0.3 is 9.73 Å². The van der Waals surface area contributed by atoms with E-state index in [0.717, 1.165) is 16.7 Å². The van der Waals surface area contributed by atoms with E-state index in [1.54, 1.807) is 18.5 Å². The first-order valence-electron chi connectivity index (χ1n) is 7.09. The van der Waals surface area contributed by atoms with Crippen molar-refractivity contribution in [1.29, 1.82) is 0 Å². The minimum Gasteiger partial charge on any atom is -0.459 e. The van der Waals surface area contributed by atoms with Gasteiger partial charge in [-0.1, -0.05) is 30.3 Å². The van der Waals surface area contributed by atoms with E-state index in [1.807, 2.05) is 49.4 Å². The zero-order valence-corrected chi connectivity index (χ0v) is 12.2. The summed E-state index contributed by atoms with van der Waals surface area (Å²) in [5.41, 5.74) is 2.74. The second-order valence-electron chi connectivity index (χ2n) is 5.01. The topological polar surface area (TPSA) is 55.1 Å². The van der Waals surface area contributed by atoms with Crippen LogP contribution in [0.25, 0.3) is 11.1 Å². The highest BCUT2D eigenvalue weighted by atomic mass is 16.3. The Hall–Kier alpha value is -2.88. The molecule has 0 bridgehead atoms. The number of nitrogens with one attached hydrogen (secondary N) is 1. The van der Waals surface area contributed by atoms with Gasteiger partial charge in [-0.15, -0.1) is 0 Å². The molecular weight excluding hydrogens is 276 g/mol. The van der Waals surface area contributed by atoms with E-state index in [4.69, 9.17) is 4.42 Å². The van der Waals surface area contributed by atoms with Crippen molar-refractivity contribution in [2.45, 2.75) is 13.0 Å². The molecule has 3 aromatic rings. The van der Waals surface area contributed by atoms with E-state index in [9.17, 15) is 4.79 Å². The Kier molecular flexibility index (Phi) is 4.01. The summed E-state index contributed by atoms with van der Waals surface area (Å²) in [5.74, 6) is 0.0975. The van der Waals surface area contributed by atoms with Crippen molar-refractivity contribution in [3.63, 3.8) is 0 Å². The lowest BCUT2D eigenvalue weighted by Gasteiger charge is -2.13. The lowest BCUT2D eigenvalue weighted by molar-refractivity contribution is 0.0913. The van der Waals surface area contributed by atoms with E-state index < -0.39 is 0 Å². The Morgan fingerprint density at radius 2 is 1.82 bits per heavy atom. The second-order valence-corrected chi connectivity index (χ2v) is 5.01. The monoisotopic (exact) mass is 292 g/mol. The number of benzene rings is 1. The van der Waals surface area contributed by atoms with E-state index in [-0.39, 0.29) is 11.9 Å². The Morgan fingerprint density at radius 1 is 1.09 bits per heavy atom. The van der Waals surface area contributed by atoms with E-state index >= 15 is 0 Å². The molecule has 1 unspecified atom stereocenters. The minimum absolute atomic E-state index is 0.121. The van der Waals surface area contributed by atoms with Gasteiger partial charge in [0.15, 0.2) is 5.76 Å². The maximum absolute atomic E-state index is 12.5. The Bertz CT molecular complexity index is 751. The van der Waals surface area contributed by atoms with Gasteiger partial charge in [0, 0.05) is 18.0 Å². The van der Waals surface area contributed by atoms with Crippen LogP contribution >= 0.6 is 0 Å². The summed E-state index contributed by atoms with van der Waals surface area (Å²) < 4.78 is 5.39. The largest absolute Gasteiger partial charge is 0.459 e. The van der Waals surface area contributed by atoms with Crippen molar-refractivity contribution in [3.8, 4) is 11.1 Å². The predicted molar refractivity (Wildman–Crippen MR) is 84.3 cm³/mol. The average Bonchev–Trinajstić information content (AvgIpc) is 3.06. The van der Waals surface area contributed by atoms with Crippen molar-refractivity contribution >= 4 is 5.91 Å². The van der Waals surface area contributed by atoms with Crippen LogP contribution in [0, 0.1) is 0 Å². The molecule has 0 aliphatic rings. The average molecular weight is 292 g/mol. The van der Waals surface area contributed by atoms with Gasteiger partial charge in [0.05, 0.1) is 12.3 Å². The molecule has 4 nitrogen and oxygen atoms in total. The summed E-state index contributed by atoms with van der Waals surface area (Å²) in [5, 5.41) is 2.95. The van der Waals surface area contributed by atoms with Gasteiger partial charge in [0.2, 0.25) is 0 Å². The summed E-state index contributed by atoms with van der Waals surface area (Å²) in [7, 11) is 0. The molecule has 1 N–H and O–H groups in total. The zero-order valence-electron chi connectivity index (χ0n) is 12.2. The molecular formula is C18H16N2O2. The van der Waals surface area contributed by atoms with Crippen LogP contribution in [-0.4, -0.2) is 10.9 Å². The fraction of sp³-hybridized carbons (Fsp3) is 0.111. The van der Waals surface area contributed by atoms with Crippen LogP contribution < -0.4 is 5.32 Å². The molecule has 3 rings (SSSR count). The molecule has 1 atom stereocenters. The third-order valence-electron chi connectivity index (χ3n) is 3.51. The normalized spacial score (nSPS) is 11.9. The van der Waals surface area contributed by atoms with Crippen molar-refractivity contribution in [3.05, 3.63) is 78.5 Å². The predicted octanol–water partition coefficient (Wildman–Crippen LogP) is 3.83. The molecule has 0 spiro atoms. The lowest BCUT2D eigenvalue weighted by atomic mass is 10.1. The Labute approximate surface area is 128 Å². The number of aromatic nitrogens is 1. The van der Waals surface area contributed by atoms with Crippen LogP contribution in [0.4, 0.5) is 0 Å². The number of furan rings is 1. The molecule has 0 aliphatic heterocycles. The Balaban J connectivity index is 1.81. The number of nitrogens with zero attached hydrogens (tertiary/aromatic N) is 1. The highest BCUT2D eigenvalue weighted by molar-refractivity contribution is 5.98. The maximum atomic E-state index is 12.5. The third kappa shape index (κ3) is 2.91. The number of carbonyl (C=O) groups excluding carboxylic acids is 1. The summed E-state index contributed by atoms with van der Waals surface area (Å²) >= 11 is 0. The molecule has 4 heteroatoms. The van der Waals surface area contributed by atoms with Gasteiger partial charge in [-0.25, -0.2) is 0 Å².